The lowest BCUT2D eigenvalue weighted by Crippen LogP contribution is -2.37. The summed E-state index contributed by atoms with van der Waals surface area (Å²) in [7, 11) is 1.43. The van der Waals surface area contributed by atoms with Crippen LogP contribution < -0.4 is 9.64 Å². The molecule has 1 aromatic heterocycles. The van der Waals surface area contributed by atoms with Crippen LogP contribution >= 0.6 is 0 Å². The van der Waals surface area contributed by atoms with E-state index in [9.17, 15) is 4.79 Å². The molecule has 2 aromatic carbocycles. The van der Waals surface area contributed by atoms with E-state index in [4.69, 9.17) is 19.2 Å². The van der Waals surface area contributed by atoms with Crippen LogP contribution in [0.15, 0.2) is 42.6 Å². The van der Waals surface area contributed by atoms with Crippen molar-refractivity contribution in [3.8, 4) is 16.9 Å². The number of hydrogen-bond acceptors (Lipinski definition) is 6. The van der Waals surface area contributed by atoms with Gasteiger partial charge in [0.05, 0.1) is 33.4 Å². The van der Waals surface area contributed by atoms with E-state index in [1.54, 1.807) is 0 Å². The Labute approximate surface area is 219 Å². The van der Waals surface area contributed by atoms with Gasteiger partial charge in [0.15, 0.2) is 0 Å². The van der Waals surface area contributed by atoms with Crippen molar-refractivity contribution in [2.75, 3.05) is 44.9 Å². The minimum atomic E-state index is -0.197. The number of carbonyl (C=O) groups is 1. The predicted molar refractivity (Wildman–Crippen MR) is 146 cm³/mol. The van der Waals surface area contributed by atoms with Gasteiger partial charge in [0.2, 0.25) is 0 Å². The van der Waals surface area contributed by atoms with Gasteiger partial charge in [-0.05, 0) is 79.1 Å². The fourth-order valence-electron chi connectivity index (χ4n) is 5.62. The van der Waals surface area contributed by atoms with Crippen LogP contribution in [0.2, 0.25) is 0 Å². The third-order valence-corrected chi connectivity index (χ3v) is 7.72. The van der Waals surface area contributed by atoms with Crippen molar-refractivity contribution in [1.29, 1.82) is 0 Å². The van der Waals surface area contributed by atoms with Gasteiger partial charge in [-0.1, -0.05) is 24.3 Å². The summed E-state index contributed by atoms with van der Waals surface area (Å²) in [5.41, 5.74) is 9.93. The van der Waals surface area contributed by atoms with Crippen molar-refractivity contribution in [1.82, 2.24) is 4.98 Å². The molecule has 6 nitrogen and oxygen atoms in total. The molecule has 0 spiro atoms. The maximum Gasteiger partial charge on any atom is 0.306 e. The van der Waals surface area contributed by atoms with Crippen molar-refractivity contribution >= 4 is 11.8 Å². The zero-order chi connectivity index (χ0) is 25.9. The summed E-state index contributed by atoms with van der Waals surface area (Å²) in [5.74, 6) is 1.84. The lowest BCUT2D eigenvalue weighted by Gasteiger charge is -2.29. The zero-order valence-corrected chi connectivity index (χ0v) is 22.3. The number of methoxy groups -OCH3 is 1. The number of hydrogen-bond donors (Lipinski definition) is 0. The highest BCUT2D eigenvalue weighted by atomic mass is 16.5. The number of fused-ring (bicyclic) bond motifs is 1. The number of morpholine rings is 1. The molecule has 2 aliphatic rings. The largest absolute Gasteiger partial charge is 0.493 e. The molecule has 0 bridgehead atoms. The van der Waals surface area contributed by atoms with Gasteiger partial charge in [-0.15, -0.1) is 0 Å². The molecule has 2 aliphatic heterocycles. The maximum atomic E-state index is 11.7. The number of aromatic nitrogens is 1. The van der Waals surface area contributed by atoms with Crippen LogP contribution in [0.1, 0.15) is 45.7 Å². The van der Waals surface area contributed by atoms with Crippen LogP contribution in [0.25, 0.3) is 11.1 Å². The van der Waals surface area contributed by atoms with Crippen LogP contribution in [0.5, 0.6) is 5.75 Å². The van der Waals surface area contributed by atoms with Crippen LogP contribution in [0, 0.1) is 20.8 Å². The van der Waals surface area contributed by atoms with Crippen LogP contribution in [-0.2, 0) is 27.1 Å². The van der Waals surface area contributed by atoms with E-state index in [1.807, 2.05) is 6.20 Å². The molecule has 6 heteroatoms. The van der Waals surface area contributed by atoms with Crippen molar-refractivity contribution in [3.05, 3.63) is 76.0 Å². The molecule has 1 atom stereocenters. The quantitative estimate of drug-likeness (QED) is 0.409. The molecule has 194 valence electrons. The van der Waals surface area contributed by atoms with Gasteiger partial charge in [-0.2, -0.15) is 0 Å². The first-order chi connectivity index (χ1) is 17.9. The van der Waals surface area contributed by atoms with Gasteiger partial charge in [-0.3, -0.25) is 4.79 Å². The topological polar surface area (TPSA) is 60.9 Å². The molecule has 5 rings (SSSR count). The molecule has 0 aliphatic carbocycles. The SMILES string of the molecule is COC(=O)C[C@@H]1COc2cc(CCc3ccc(C)c(-c4cnc(N5CCOCC5)c(C)c4)c3C)ccc21. The minimum absolute atomic E-state index is 0.0742. The normalized spacial score (nSPS) is 16.9. The monoisotopic (exact) mass is 500 g/mol. The van der Waals surface area contributed by atoms with Crippen molar-refractivity contribution in [2.45, 2.75) is 46.0 Å². The van der Waals surface area contributed by atoms with Crippen LogP contribution in [0.3, 0.4) is 0 Å². The molecule has 1 fully saturated rings. The second-order valence-electron chi connectivity index (χ2n) is 10.2. The Morgan fingerprint density at radius 1 is 1.05 bits per heavy atom. The summed E-state index contributed by atoms with van der Waals surface area (Å²) in [4.78, 5) is 18.9. The fraction of sp³-hybridized carbons (Fsp3) is 0.419. The standard InChI is InChI=1S/C31H36N2O4/c1-20-5-8-24(9-6-23-7-10-27-26(17-29(34)35-4)19-37-28(27)16-23)22(3)30(20)25-15-21(2)31(32-18-25)33-11-13-36-14-12-33/h5,7-8,10,15-16,18,26H,6,9,11-14,17,19H2,1-4H3/t26-/m1/s1. The Hall–Kier alpha value is -3.38. The van der Waals surface area contributed by atoms with Crippen LogP contribution in [-0.4, -0.2) is 51.0 Å². The molecular formula is C31H36N2O4. The van der Waals surface area contributed by atoms with E-state index in [0.29, 0.717) is 13.0 Å². The van der Waals surface area contributed by atoms with E-state index >= 15 is 0 Å². The molecule has 3 heterocycles. The molecular weight excluding hydrogens is 464 g/mol. The Morgan fingerprint density at radius 3 is 2.62 bits per heavy atom. The van der Waals surface area contributed by atoms with Gasteiger partial charge < -0.3 is 19.1 Å². The minimum Gasteiger partial charge on any atom is -0.493 e. The Balaban J connectivity index is 1.32. The number of pyridine rings is 1. The summed E-state index contributed by atoms with van der Waals surface area (Å²) in [6.45, 7) is 10.4. The van der Waals surface area contributed by atoms with E-state index in [2.05, 4.69) is 62.1 Å². The summed E-state index contributed by atoms with van der Waals surface area (Å²) in [6.07, 6.45) is 4.26. The van der Waals surface area contributed by atoms with E-state index in [-0.39, 0.29) is 11.9 Å². The molecule has 3 aromatic rings. The highest BCUT2D eigenvalue weighted by Crippen LogP contribution is 2.37. The van der Waals surface area contributed by atoms with Gasteiger partial charge in [-0.25, -0.2) is 4.98 Å². The number of aryl methyl sites for hydroxylation is 4. The van der Waals surface area contributed by atoms with Gasteiger partial charge in [0.1, 0.15) is 11.6 Å². The fourth-order valence-corrected chi connectivity index (χ4v) is 5.62. The van der Waals surface area contributed by atoms with Crippen LogP contribution in [0.4, 0.5) is 5.82 Å². The average molecular weight is 501 g/mol. The lowest BCUT2D eigenvalue weighted by atomic mass is 9.90. The maximum absolute atomic E-state index is 11.7. The number of ether oxygens (including phenoxy) is 3. The molecule has 37 heavy (non-hydrogen) atoms. The number of benzene rings is 2. The summed E-state index contributed by atoms with van der Waals surface area (Å²) in [6, 6.07) is 13.2. The van der Waals surface area contributed by atoms with E-state index in [0.717, 1.165) is 56.3 Å². The van der Waals surface area contributed by atoms with Crippen molar-refractivity contribution in [2.24, 2.45) is 0 Å². The first-order valence-electron chi connectivity index (χ1n) is 13.2. The molecule has 0 unspecified atom stereocenters. The third-order valence-electron chi connectivity index (χ3n) is 7.72. The van der Waals surface area contributed by atoms with Crippen molar-refractivity contribution < 1.29 is 19.0 Å². The van der Waals surface area contributed by atoms with Gasteiger partial charge >= 0.3 is 5.97 Å². The number of nitrogens with zero attached hydrogens (tertiary/aromatic N) is 2. The van der Waals surface area contributed by atoms with E-state index in [1.165, 1.54) is 46.1 Å². The van der Waals surface area contributed by atoms with E-state index < -0.39 is 0 Å². The molecule has 0 N–H and O–H groups in total. The number of rotatable bonds is 7. The Kier molecular flexibility index (Phi) is 7.47. The number of carbonyl (C=O) groups excluding carboxylic acids is 1. The smallest absolute Gasteiger partial charge is 0.306 e. The Morgan fingerprint density at radius 2 is 1.86 bits per heavy atom. The molecule has 0 amide bonds. The third kappa shape index (κ3) is 5.35. The summed E-state index contributed by atoms with van der Waals surface area (Å²) in [5, 5.41) is 0. The second kappa shape index (κ2) is 10.9. The number of esters is 1. The first-order valence-corrected chi connectivity index (χ1v) is 13.2. The molecule has 0 saturated carbocycles. The summed E-state index contributed by atoms with van der Waals surface area (Å²) < 4.78 is 16.2. The predicted octanol–water partition coefficient (Wildman–Crippen LogP) is 5.33. The molecule has 0 radical (unpaired) electrons. The van der Waals surface area contributed by atoms with Crippen molar-refractivity contribution in [3.63, 3.8) is 0 Å². The van der Waals surface area contributed by atoms with Gasteiger partial charge in [0.25, 0.3) is 0 Å². The van der Waals surface area contributed by atoms with Gasteiger partial charge in [0, 0.05) is 36.3 Å². The zero-order valence-electron chi connectivity index (χ0n) is 22.3. The average Bonchev–Trinajstić information content (AvgIpc) is 3.30. The number of anilines is 1. The second-order valence-corrected chi connectivity index (χ2v) is 10.2. The molecule has 1 saturated heterocycles. The highest BCUT2D eigenvalue weighted by Gasteiger charge is 2.27. The first kappa shape index (κ1) is 25.3. The summed E-state index contributed by atoms with van der Waals surface area (Å²) >= 11 is 0. The highest BCUT2D eigenvalue weighted by molar-refractivity contribution is 5.73. The lowest BCUT2D eigenvalue weighted by molar-refractivity contribution is -0.141. The Bertz CT molecular complexity index is 1300.